The van der Waals surface area contributed by atoms with Crippen molar-refractivity contribution in [2.45, 2.75) is 55.8 Å². The maximum atomic E-state index is 12.9. The van der Waals surface area contributed by atoms with Crippen LogP contribution in [0.1, 0.15) is 34.1 Å². The number of rotatable bonds is 12. The summed E-state index contributed by atoms with van der Waals surface area (Å²) in [6.45, 7) is -0.206. The predicted molar refractivity (Wildman–Crippen MR) is 167 cm³/mol. The SMILES string of the molecule is FC(F)(F)C(F)(F)C(F)(F)[C](F)(F)[Sn+2][C](F)(F)C(F)(F)C(F)(F)C(F)(F)F.[O-]CC(c1ccccc1)c1ccccc1.[O-]CC(c1ccccc1)c1ccccc1. The molecular weight excluding hydrogens is 925 g/mol. The van der Waals surface area contributed by atoms with Crippen LogP contribution in [0.5, 0.6) is 0 Å². The van der Waals surface area contributed by atoms with E-state index in [9.17, 15) is 89.2 Å². The first-order chi connectivity index (χ1) is 26.0. The molecule has 0 fully saturated rings. The Morgan fingerprint density at radius 3 is 0.684 bits per heavy atom. The molecule has 0 saturated carbocycles. The van der Waals surface area contributed by atoms with Gasteiger partial charge in [-0.1, -0.05) is 121 Å². The zero-order valence-electron chi connectivity index (χ0n) is 28.2. The molecule has 0 radical (unpaired) electrons. The van der Waals surface area contributed by atoms with Gasteiger partial charge in [0, 0.05) is 0 Å². The van der Waals surface area contributed by atoms with Crippen LogP contribution in [0.15, 0.2) is 121 Å². The zero-order chi connectivity index (χ0) is 43.7. The van der Waals surface area contributed by atoms with Crippen LogP contribution in [0.4, 0.5) is 79.0 Å². The molecule has 21 heteroatoms. The van der Waals surface area contributed by atoms with E-state index in [0.29, 0.717) is 0 Å². The number of alkyl halides is 18. The van der Waals surface area contributed by atoms with E-state index in [1.807, 2.05) is 121 Å². The Hall–Kier alpha value is -3.66. The van der Waals surface area contributed by atoms with Crippen molar-refractivity contribution in [2.75, 3.05) is 13.2 Å². The summed E-state index contributed by atoms with van der Waals surface area (Å²) in [6.07, 6.45) is -15.1. The fourth-order valence-corrected chi connectivity index (χ4v) is 7.53. The minimum atomic E-state index is -7.85. The van der Waals surface area contributed by atoms with Crippen molar-refractivity contribution in [3.05, 3.63) is 144 Å². The largest absolute Gasteiger partial charge is 0.854 e. The van der Waals surface area contributed by atoms with Gasteiger partial charge < -0.3 is 10.2 Å². The van der Waals surface area contributed by atoms with Gasteiger partial charge in [-0.2, -0.15) is 0 Å². The molecule has 312 valence electrons. The van der Waals surface area contributed by atoms with E-state index in [0.717, 1.165) is 22.3 Å². The number of benzene rings is 4. The molecule has 0 amide bonds. The van der Waals surface area contributed by atoms with Gasteiger partial charge in [0.25, 0.3) is 0 Å². The standard InChI is InChI=1S/2C14H13O.2C4F9.Sn/c2*15-11-14(12-7-3-1-4-8-12)13-9-5-2-6-10-13;2*5-1(6)2(7,8)3(9,10)4(11,12)13;/h2*1-10,14H,11H2;;;/q2*-1;;;+2. The smallest absolute Gasteiger partial charge is 0.00638 e. The van der Waals surface area contributed by atoms with Crippen molar-refractivity contribution in [1.29, 1.82) is 0 Å². The Morgan fingerprint density at radius 2 is 0.526 bits per heavy atom. The van der Waals surface area contributed by atoms with Crippen LogP contribution in [-0.2, 0) is 0 Å². The molecule has 0 aliphatic carbocycles. The van der Waals surface area contributed by atoms with E-state index in [1.165, 1.54) is 0 Å². The monoisotopic (exact) mass is 952 g/mol. The topological polar surface area (TPSA) is 46.1 Å². The van der Waals surface area contributed by atoms with Crippen LogP contribution >= 0.6 is 0 Å². The second kappa shape index (κ2) is 18.9. The summed E-state index contributed by atoms with van der Waals surface area (Å²) in [5.74, 6) is -31.3. The maximum Gasteiger partial charge on any atom is -0.00638 e. The molecule has 2 nitrogen and oxygen atoms in total. The van der Waals surface area contributed by atoms with Crippen molar-refractivity contribution >= 4 is 21.1 Å². The zero-order valence-corrected chi connectivity index (χ0v) is 31.1. The second-order valence-electron chi connectivity index (χ2n) is 11.6. The Bertz CT molecular complexity index is 1560. The molecule has 0 atom stereocenters. The van der Waals surface area contributed by atoms with Crippen molar-refractivity contribution in [3.8, 4) is 0 Å². The van der Waals surface area contributed by atoms with E-state index in [-0.39, 0.29) is 25.0 Å². The van der Waals surface area contributed by atoms with E-state index in [2.05, 4.69) is 0 Å². The normalized spacial score (nSPS) is 13.3. The van der Waals surface area contributed by atoms with Gasteiger partial charge in [0.2, 0.25) is 0 Å². The summed E-state index contributed by atoms with van der Waals surface area (Å²) < 4.78 is 208. The molecule has 0 aromatic heterocycles. The van der Waals surface area contributed by atoms with Gasteiger partial charge in [-0.25, -0.2) is 0 Å². The van der Waals surface area contributed by atoms with Gasteiger partial charge in [0.15, 0.2) is 0 Å². The third-order valence-corrected chi connectivity index (χ3v) is 11.3. The van der Waals surface area contributed by atoms with Gasteiger partial charge >= 0.3 is 144 Å². The Morgan fingerprint density at radius 1 is 0.333 bits per heavy atom. The molecule has 0 aliphatic rings. The van der Waals surface area contributed by atoms with E-state index in [1.54, 1.807) is 0 Å². The Balaban J connectivity index is 0.000000315. The van der Waals surface area contributed by atoms with Crippen molar-refractivity contribution in [2.24, 2.45) is 0 Å². The van der Waals surface area contributed by atoms with E-state index >= 15 is 0 Å². The number of halogens is 18. The number of hydrogen-bond donors (Lipinski definition) is 0. The third-order valence-electron chi connectivity index (χ3n) is 7.74. The average Bonchev–Trinajstić information content (AvgIpc) is 3.13. The first-order valence-electron chi connectivity index (χ1n) is 15.6. The molecule has 0 aliphatic heterocycles. The van der Waals surface area contributed by atoms with E-state index < -0.39 is 65.1 Å². The fraction of sp³-hybridized carbons (Fsp3) is 0.333. The summed E-state index contributed by atoms with van der Waals surface area (Å²) in [6, 6.07) is 39.7. The van der Waals surface area contributed by atoms with Gasteiger partial charge in [0.05, 0.1) is 0 Å². The summed E-state index contributed by atoms with van der Waals surface area (Å²) in [5.41, 5.74) is 4.38. The van der Waals surface area contributed by atoms with Gasteiger partial charge in [0.1, 0.15) is 0 Å². The summed E-state index contributed by atoms with van der Waals surface area (Å²) in [7, 11) is 0. The molecule has 0 bridgehead atoms. The molecule has 0 unspecified atom stereocenters. The first kappa shape index (κ1) is 49.5. The quantitative estimate of drug-likeness (QED) is 0.105. The average molecular weight is 951 g/mol. The number of hydrogen-bond acceptors (Lipinski definition) is 2. The molecule has 0 spiro atoms. The van der Waals surface area contributed by atoms with Crippen LogP contribution in [-0.4, -0.2) is 78.3 Å². The molecule has 4 aromatic carbocycles. The minimum absolute atomic E-state index is 0.0209. The minimum Gasteiger partial charge on any atom is -0.854 e. The summed E-state index contributed by atoms with van der Waals surface area (Å²) in [5, 5.41) is 22.5. The molecule has 4 rings (SSSR count). The van der Waals surface area contributed by atoms with Gasteiger partial charge in [-0.3, -0.25) is 0 Å². The Labute approximate surface area is 322 Å². The van der Waals surface area contributed by atoms with Gasteiger partial charge in [-0.05, 0) is 34.1 Å². The molecule has 57 heavy (non-hydrogen) atoms. The van der Waals surface area contributed by atoms with Crippen molar-refractivity contribution in [3.63, 3.8) is 0 Å². The molecule has 0 saturated heterocycles. The van der Waals surface area contributed by atoms with Crippen LogP contribution in [0, 0.1) is 0 Å². The Kier molecular flexibility index (Phi) is 16.4. The second-order valence-corrected chi connectivity index (χ2v) is 15.9. The van der Waals surface area contributed by atoms with Crippen LogP contribution in [0.3, 0.4) is 0 Å². The van der Waals surface area contributed by atoms with Gasteiger partial charge in [-0.15, -0.1) is 13.2 Å². The fourth-order valence-electron chi connectivity index (χ4n) is 4.62. The van der Waals surface area contributed by atoms with Crippen LogP contribution in [0.25, 0.3) is 0 Å². The van der Waals surface area contributed by atoms with Crippen molar-refractivity contribution < 1.29 is 89.2 Å². The predicted octanol–water partition coefficient (Wildman–Crippen LogP) is 9.90. The maximum absolute atomic E-state index is 12.9. The summed E-state index contributed by atoms with van der Waals surface area (Å²) in [4.78, 5) is 0. The molecule has 0 heterocycles. The summed E-state index contributed by atoms with van der Waals surface area (Å²) >= 11 is -6.91. The van der Waals surface area contributed by atoms with Crippen LogP contribution in [0.2, 0.25) is 0 Å². The van der Waals surface area contributed by atoms with Crippen LogP contribution < -0.4 is 10.2 Å². The van der Waals surface area contributed by atoms with Crippen molar-refractivity contribution in [1.82, 2.24) is 0 Å². The molecule has 0 N–H and O–H groups in total. The molecule has 4 aromatic rings. The first-order valence-corrected chi connectivity index (χ1v) is 18.4. The third kappa shape index (κ3) is 11.3. The van der Waals surface area contributed by atoms with E-state index in [4.69, 9.17) is 0 Å². The molecular formula is C36H26F18O2Sn.